The van der Waals surface area contributed by atoms with Gasteiger partial charge in [-0.3, -0.25) is 4.57 Å². The third kappa shape index (κ3) is 28.9. The van der Waals surface area contributed by atoms with Crippen molar-refractivity contribution in [1.82, 2.24) is 0 Å². The highest BCUT2D eigenvalue weighted by atomic mass is 31.2. The molecule has 0 saturated carbocycles. The summed E-state index contributed by atoms with van der Waals surface area (Å²) in [6.07, 6.45) is 17.1. The zero-order chi connectivity index (χ0) is 20.1. The second-order valence-electron chi connectivity index (χ2n) is 7.45. The summed E-state index contributed by atoms with van der Waals surface area (Å²) in [7, 11) is -3.72. The lowest BCUT2D eigenvalue weighted by Crippen LogP contribution is -1.99. The zero-order valence-corrected chi connectivity index (χ0v) is 18.6. The SMILES string of the molecule is CCCCCCCC(F)CCCCC.CCCCCCCCP(=O)(O)O. The van der Waals surface area contributed by atoms with Crippen LogP contribution in [-0.2, 0) is 4.57 Å². The van der Waals surface area contributed by atoms with Crippen molar-refractivity contribution in [3.8, 4) is 0 Å². The van der Waals surface area contributed by atoms with Crippen LogP contribution < -0.4 is 0 Å². The molecule has 3 nitrogen and oxygen atoms in total. The Balaban J connectivity index is 0. The third-order valence-electron chi connectivity index (χ3n) is 4.54. The van der Waals surface area contributed by atoms with Crippen molar-refractivity contribution in [2.45, 2.75) is 130 Å². The van der Waals surface area contributed by atoms with Crippen LogP contribution in [0.1, 0.15) is 124 Å². The minimum atomic E-state index is -3.72. The van der Waals surface area contributed by atoms with Gasteiger partial charge in [-0.05, 0) is 19.3 Å². The van der Waals surface area contributed by atoms with Gasteiger partial charge in [-0.15, -0.1) is 0 Å². The van der Waals surface area contributed by atoms with E-state index < -0.39 is 13.8 Å². The molecule has 1 atom stereocenters. The minimum Gasteiger partial charge on any atom is -0.324 e. The van der Waals surface area contributed by atoms with Crippen molar-refractivity contribution >= 4 is 7.60 Å². The smallest absolute Gasteiger partial charge is 0.324 e. The number of hydrogen-bond acceptors (Lipinski definition) is 1. The first kappa shape index (κ1) is 28.3. The van der Waals surface area contributed by atoms with Crippen LogP contribution in [0, 0.1) is 0 Å². The third-order valence-corrected chi connectivity index (χ3v) is 5.44. The first-order chi connectivity index (χ1) is 12.4. The molecular weight excluding hydrogens is 350 g/mol. The lowest BCUT2D eigenvalue weighted by molar-refractivity contribution is 0.280. The van der Waals surface area contributed by atoms with Gasteiger partial charge in [0.2, 0.25) is 0 Å². The van der Waals surface area contributed by atoms with Crippen molar-refractivity contribution in [2.75, 3.05) is 6.16 Å². The monoisotopic (exact) mass is 396 g/mol. The van der Waals surface area contributed by atoms with Crippen LogP contribution in [0.2, 0.25) is 0 Å². The molecule has 0 bridgehead atoms. The number of rotatable bonds is 17. The number of halogens is 1. The minimum absolute atomic E-state index is 0.0547. The molecule has 160 valence electrons. The Kier molecular flexibility index (Phi) is 23.3. The predicted octanol–water partition coefficient (Wildman–Crippen LogP) is 7.79. The molecule has 26 heavy (non-hydrogen) atoms. The van der Waals surface area contributed by atoms with Crippen LogP contribution in [0.3, 0.4) is 0 Å². The second kappa shape index (κ2) is 21.4. The summed E-state index contributed by atoms with van der Waals surface area (Å²) in [5.41, 5.74) is 0. The average molecular weight is 397 g/mol. The van der Waals surface area contributed by atoms with E-state index >= 15 is 0 Å². The van der Waals surface area contributed by atoms with Crippen molar-refractivity contribution in [2.24, 2.45) is 0 Å². The fourth-order valence-corrected chi connectivity index (χ4v) is 3.46. The van der Waals surface area contributed by atoms with Gasteiger partial charge in [-0.25, -0.2) is 4.39 Å². The van der Waals surface area contributed by atoms with Crippen LogP contribution in [0.5, 0.6) is 0 Å². The Morgan fingerprint density at radius 1 is 0.654 bits per heavy atom. The van der Waals surface area contributed by atoms with Crippen LogP contribution in [-0.4, -0.2) is 22.1 Å². The summed E-state index contributed by atoms with van der Waals surface area (Å²) in [6.45, 7) is 6.52. The molecule has 0 aromatic heterocycles. The molecule has 0 aliphatic rings. The molecular formula is C21H46FO3P. The molecule has 0 aromatic carbocycles. The average Bonchev–Trinajstić information content (AvgIpc) is 2.58. The molecule has 0 aromatic rings. The summed E-state index contributed by atoms with van der Waals surface area (Å²) in [4.78, 5) is 17.1. The van der Waals surface area contributed by atoms with E-state index in [-0.39, 0.29) is 6.16 Å². The Morgan fingerprint density at radius 3 is 1.46 bits per heavy atom. The molecule has 0 aliphatic carbocycles. The summed E-state index contributed by atoms with van der Waals surface area (Å²) in [6, 6.07) is 0. The molecule has 0 heterocycles. The lowest BCUT2D eigenvalue weighted by Gasteiger charge is -2.07. The second-order valence-corrected chi connectivity index (χ2v) is 9.23. The first-order valence-electron chi connectivity index (χ1n) is 11.1. The van der Waals surface area contributed by atoms with Crippen LogP contribution in [0.15, 0.2) is 0 Å². The van der Waals surface area contributed by atoms with E-state index in [4.69, 9.17) is 9.79 Å². The van der Waals surface area contributed by atoms with Crippen molar-refractivity contribution in [1.29, 1.82) is 0 Å². The van der Waals surface area contributed by atoms with E-state index in [1.165, 1.54) is 57.8 Å². The van der Waals surface area contributed by atoms with Crippen molar-refractivity contribution in [3.63, 3.8) is 0 Å². The molecule has 0 spiro atoms. The van der Waals surface area contributed by atoms with Crippen LogP contribution >= 0.6 is 7.60 Å². The maximum atomic E-state index is 13.2. The highest BCUT2D eigenvalue weighted by Crippen LogP contribution is 2.35. The van der Waals surface area contributed by atoms with Gasteiger partial charge in [0.1, 0.15) is 6.17 Å². The molecule has 0 rings (SSSR count). The molecule has 0 radical (unpaired) electrons. The Labute approximate surface area is 162 Å². The lowest BCUT2D eigenvalue weighted by atomic mass is 10.0. The Hall–Kier alpha value is 0.0800. The van der Waals surface area contributed by atoms with Gasteiger partial charge in [0.25, 0.3) is 0 Å². The van der Waals surface area contributed by atoms with Gasteiger partial charge in [-0.2, -0.15) is 0 Å². The topological polar surface area (TPSA) is 57.5 Å². The summed E-state index contributed by atoms with van der Waals surface area (Å²) >= 11 is 0. The van der Waals surface area contributed by atoms with Gasteiger partial charge < -0.3 is 9.79 Å². The van der Waals surface area contributed by atoms with E-state index in [9.17, 15) is 8.96 Å². The number of alkyl halides is 1. The number of unbranched alkanes of at least 4 members (excludes halogenated alkanes) is 11. The zero-order valence-electron chi connectivity index (χ0n) is 17.7. The fourth-order valence-electron chi connectivity index (χ4n) is 2.83. The molecule has 0 saturated heterocycles. The van der Waals surface area contributed by atoms with E-state index in [1.807, 2.05) is 0 Å². The quantitative estimate of drug-likeness (QED) is 0.195. The van der Waals surface area contributed by atoms with Crippen LogP contribution in [0.25, 0.3) is 0 Å². The maximum absolute atomic E-state index is 13.2. The van der Waals surface area contributed by atoms with E-state index in [0.717, 1.165) is 38.5 Å². The summed E-state index contributed by atoms with van der Waals surface area (Å²) in [5.74, 6) is 0. The summed E-state index contributed by atoms with van der Waals surface area (Å²) < 4.78 is 23.7. The van der Waals surface area contributed by atoms with Gasteiger partial charge in [0.05, 0.1) is 0 Å². The molecule has 2 N–H and O–H groups in total. The van der Waals surface area contributed by atoms with Gasteiger partial charge in [0.15, 0.2) is 0 Å². The largest absolute Gasteiger partial charge is 0.325 e. The standard InChI is InChI=1S/C13H27F.C8H19O3P/c1-3-5-7-8-10-12-13(14)11-9-6-4-2;1-2-3-4-5-6-7-8-12(9,10)11/h13H,3-12H2,1-2H3;2-8H2,1H3,(H2,9,10,11). The molecule has 5 heteroatoms. The van der Waals surface area contributed by atoms with Gasteiger partial charge >= 0.3 is 7.60 Å². The first-order valence-corrected chi connectivity index (χ1v) is 12.9. The maximum Gasteiger partial charge on any atom is 0.325 e. The van der Waals surface area contributed by atoms with E-state index in [2.05, 4.69) is 20.8 Å². The van der Waals surface area contributed by atoms with Crippen molar-refractivity contribution in [3.05, 3.63) is 0 Å². The van der Waals surface area contributed by atoms with Crippen molar-refractivity contribution < 1.29 is 18.7 Å². The Morgan fingerprint density at radius 2 is 1.00 bits per heavy atom. The van der Waals surface area contributed by atoms with Crippen LogP contribution in [0.4, 0.5) is 4.39 Å². The molecule has 0 amide bonds. The predicted molar refractivity (Wildman–Crippen MR) is 113 cm³/mol. The Bertz CT molecular complexity index is 308. The van der Waals surface area contributed by atoms with Gasteiger partial charge in [0, 0.05) is 6.16 Å². The molecule has 0 aliphatic heterocycles. The molecule has 1 unspecified atom stereocenters. The summed E-state index contributed by atoms with van der Waals surface area (Å²) in [5, 5.41) is 0. The fraction of sp³-hybridized carbons (Fsp3) is 1.00. The highest BCUT2D eigenvalue weighted by Gasteiger charge is 2.10. The number of hydrogen-bond donors (Lipinski definition) is 2. The van der Waals surface area contributed by atoms with E-state index in [0.29, 0.717) is 6.42 Å². The highest BCUT2D eigenvalue weighted by molar-refractivity contribution is 7.51. The van der Waals surface area contributed by atoms with E-state index in [1.54, 1.807) is 0 Å². The van der Waals surface area contributed by atoms with Gasteiger partial charge in [-0.1, -0.05) is 104 Å². The molecule has 0 fully saturated rings. The normalized spacial score (nSPS) is 12.5.